The van der Waals surface area contributed by atoms with Crippen LogP contribution < -0.4 is 16.2 Å². The van der Waals surface area contributed by atoms with E-state index in [1.54, 1.807) is 0 Å². The Labute approximate surface area is 192 Å². The predicted octanol–water partition coefficient (Wildman–Crippen LogP) is 1.55. The van der Waals surface area contributed by atoms with Gasteiger partial charge in [0.25, 0.3) is 5.91 Å². The van der Waals surface area contributed by atoms with Gasteiger partial charge >= 0.3 is 0 Å². The van der Waals surface area contributed by atoms with Crippen LogP contribution in [0.5, 0.6) is 0 Å². The van der Waals surface area contributed by atoms with Crippen molar-refractivity contribution in [2.75, 3.05) is 17.6 Å². The first-order valence-corrected chi connectivity index (χ1v) is 12.3. The fraction of sp³-hybridized carbons (Fsp3) is 0.300. The van der Waals surface area contributed by atoms with Crippen molar-refractivity contribution in [1.82, 2.24) is 4.90 Å². The molecule has 8 nitrogen and oxygen atoms in total. The van der Waals surface area contributed by atoms with Crippen LogP contribution in [0.1, 0.15) is 12.0 Å². The molecular weight excluding hydrogens is 481 g/mol. The number of nitrogens with zero attached hydrogens (tertiary/aromatic N) is 1. The molecule has 0 radical (unpaired) electrons. The summed E-state index contributed by atoms with van der Waals surface area (Å²) in [5.74, 6) is -3.92. The molecule has 0 aromatic heterocycles. The summed E-state index contributed by atoms with van der Waals surface area (Å²) < 4.78 is 62.9. The van der Waals surface area contributed by atoms with Gasteiger partial charge in [0.1, 0.15) is 5.82 Å². The zero-order chi connectivity index (χ0) is 24.3. The largest absolute Gasteiger partial charge is 0.327 e. The summed E-state index contributed by atoms with van der Waals surface area (Å²) in [6, 6.07) is 5.48. The molecule has 1 saturated heterocycles. The molecule has 0 saturated carbocycles. The monoisotopic (exact) mass is 502 g/mol. The third kappa shape index (κ3) is 6.25. The van der Waals surface area contributed by atoms with Gasteiger partial charge in [0.15, 0.2) is 17.0 Å². The highest BCUT2D eigenvalue weighted by Crippen LogP contribution is 2.27. The molecule has 3 rings (SSSR count). The fourth-order valence-corrected chi connectivity index (χ4v) is 4.94. The number of primary sulfonamides is 1. The summed E-state index contributed by atoms with van der Waals surface area (Å²) >= 11 is 1.24. The molecule has 2 amide bonds. The highest BCUT2D eigenvalue weighted by Gasteiger charge is 2.35. The molecule has 2 atom stereocenters. The van der Waals surface area contributed by atoms with Crippen LogP contribution in [0.15, 0.2) is 41.3 Å². The normalized spacial score (nSPS) is 17.1. The Morgan fingerprint density at radius 1 is 1.12 bits per heavy atom. The van der Waals surface area contributed by atoms with E-state index < -0.39 is 50.7 Å². The van der Waals surface area contributed by atoms with E-state index in [1.807, 2.05) is 0 Å². The Kier molecular flexibility index (Phi) is 7.67. The number of halogens is 3. The second-order valence-corrected chi connectivity index (χ2v) is 10.1. The second-order valence-electron chi connectivity index (χ2n) is 7.39. The summed E-state index contributed by atoms with van der Waals surface area (Å²) in [4.78, 5) is 26.6. The lowest BCUT2D eigenvalue weighted by Crippen LogP contribution is -2.44. The highest BCUT2D eigenvalue weighted by atomic mass is 32.2. The van der Waals surface area contributed by atoms with Crippen molar-refractivity contribution in [2.45, 2.75) is 29.2 Å². The van der Waals surface area contributed by atoms with Crippen molar-refractivity contribution in [3.63, 3.8) is 0 Å². The third-order valence-corrected chi connectivity index (χ3v) is 7.03. The number of sulfonamides is 1. The van der Waals surface area contributed by atoms with Crippen molar-refractivity contribution in [1.29, 1.82) is 0 Å². The van der Waals surface area contributed by atoms with Crippen LogP contribution in [0.4, 0.5) is 18.9 Å². The van der Waals surface area contributed by atoms with Gasteiger partial charge in [-0.15, -0.1) is 11.8 Å². The SMILES string of the molecule is N[C@@H](CC(=O)N1CCSC1C(=O)Nc1ccc(S(N)(=O)=O)cc1)Cc1cc(F)c(F)cc1F. The molecule has 0 spiro atoms. The number of carbonyl (C=O) groups is 2. The van der Waals surface area contributed by atoms with E-state index in [0.717, 1.165) is 0 Å². The molecule has 1 aliphatic rings. The van der Waals surface area contributed by atoms with Crippen molar-refractivity contribution >= 4 is 39.3 Å². The minimum Gasteiger partial charge on any atom is -0.327 e. The number of rotatable bonds is 7. The maximum absolute atomic E-state index is 13.8. The average Bonchev–Trinajstić information content (AvgIpc) is 3.22. The minimum absolute atomic E-state index is 0.112. The number of hydrogen-bond donors (Lipinski definition) is 3. The Hall–Kier alpha value is -2.61. The van der Waals surface area contributed by atoms with Crippen LogP contribution in [0, 0.1) is 17.5 Å². The van der Waals surface area contributed by atoms with Gasteiger partial charge in [-0.1, -0.05) is 0 Å². The third-order valence-electron chi connectivity index (χ3n) is 4.89. The van der Waals surface area contributed by atoms with Crippen LogP contribution in [-0.4, -0.2) is 48.8 Å². The molecule has 0 bridgehead atoms. The van der Waals surface area contributed by atoms with E-state index >= 15 is 0 Å². The Balaban J connectivity index is 1.61. The number of amides is 2. The number of benzene rings is 2. The summed E-state index contributed by atoms with van der Waals surface area (Å²) in [7, 11) is -3.87. The summed E-state index contributed by atoms with van der Waals surface area (Å²) in [6.07, 6.45) is -0.422. The first-order valence-electron chi connectivity index (χ1n) is 9.69. The molecule has 2 aromatic rings. The molecule has 1 aliphatic heterocycles. The lowest BCUT2D eigenvalue weighted by Gasteiger charge is -2.24. The van der Waals surface area contributed by atoms with E-state index in [9.17, 15) is 31.2 Å². The van der Waals surface area contributed by atoms with Crippen molar-refractivity contribution < 1.29 is 31.2 Å². The second kappa shape index (κ2) is 10.1. The van der Waals surface area contributed by atoms with E-state index in [0.29, 0.717) is 23.6 Å². The van der Waals surface area contributed by atoms with Crippen LogP contribution >= 0.6 is 11.8 Å². The molecule has 178 valence electrons. The van der Waals surface area contributed by atoms with E-state index in [4.69, 9.17) is 10.9 Å². The molecule has 1 unspecified atom stereocenters. The number of nitrogens with two attached hydrogens (primary N) is 2. The van der Waals surface area contributed by atoms with Crippen LogP contribution in [-0.2, 0) is 26.0 Å². The van der Waals surface area contributed by atoms with Gasteiger partial charge < -0.3 is 16.0 Å². The van der Waals surface area contributed by atoms with Crippen molar-refractivity contribution in [3.05, 3.63) is 59.4 Å². The molecule has 33 heavy (non-hydrogen) atoms. The summed E-state index contributed by atoms with van der Waals surface area (Å²) in [6.45, 7) is 0.290. The number of thioether (sulfide) groups is 1. The zero-order valence-corrected chi connectivity index (χ0v) is 18.8. The van der Waals surface area contributed by atoms with Crippen molar-refractivity contribution in [3.8, 4) is 0 Å². The average molecular weight is 503 g/mol. The predicted molar refractivity (Wildman–Crippen MR) is 117 cm³/mol. The standard InChI is InChI=1S/C20H21F3N4O4S2/c21-15-10-17(23)16(22)8-11(15)7-12(24)9-18(28)27-5-6-32-20(27)19(29)26-13-1-3-14(4-2-13)33(25,30)31/h1-4,8,10,12,20H,5-7,9,24H2,(H,26,29)(H2,25,30,31)/t12-,20?/m1/s1. The number of anilines is 1. The first kappa shape index (κ1) is 25.0. The van der Waals surface area contributed by atoms with E-state index in [-0.39, 0.29) is 29.8 Å². The van der Waals surface area contributed by atoms with Gasteiger partial charge in [-0.25, -0.2) is 26.7 Å². The van der Waals surface area contributed by atoms with Crippen LogP contribution in [0.3, 0.4) is 0 Å². The van der Waals surface area contributed by atoms with Gasteiger partial charge in [-0.05, 0) is 42.3 Å². The molecule has 5 N–H and O–H groups in total. The van der Waals surface area contributed by atoms with Gasteiger partial charge in [0.05, 0.1) is 4.90 Å². The Bertz CT molecular complexity index is 1160. The summed E-state index contributed by atoms with van der Waals surface area (Å²) in [5, 5.41) is 6.81. The quantitative estimate of drug-likeness (QED) is 0.492. The lowest BCUT2D eigenvalue weighted by molar-refractivity contribution is -0.135. The minimum atomic E-state index is -3.87. The lowest BCUT2D eigenvalue weighted by atomic mass is 10.0. The molecule has 0 aliphatic carbocycles. The fourth-order valence-electron chi connectivity index (χ4n) is 3.29. The first-order chi connectivity index (χ1) is 15.5. The highest BCUT2D eigenvalue weighted by molar-refractivity contribution is 8.00. The molecular formula is C20H21F3N4O4S2. The smallest absolute Gasteiger partial charge is 0.257 e. The number of nitrogens with one attached hydrogen (secondary N) is 1. The van der Waals surface area contributed by atoms with Gasteiger partial charge in [0, 0.05) is 36.5 Å². The Morgan fingerprint density at radius 3 is 2.39 bits per heavy atom. The zero-order valence-electron chi connectivity index (χ0n) is 17.1. The van der Waals surface area contributed by atoms with E-state index in [1.165, 1.54) is 40.9 Å². The topological polar surface area (TPSA) is 136 Å². The van der Waals surface area contributed by atoms with Gasteiger partial charge in [-0.3, -0.25) is 9.59 Å². The molecule has 1 heterocycles. The Morgan fingerprint density at radius 2 is 1.76 bits per heavy atom. The van der Waals surface area contributed by atoms with Crippen LogP contribution in [0.25, 0.3) is 0 Å². The molecule has 2 aromatic carbocycles. The maximum atomic E-state index is 13.8. The maximum Gasteiger partial charge on any atom is 0.257 e. The van der Waals surface area contributed by atoms with Gasteiger partial charge in [0.2, 0.25) is 15.9 Å². The number of hydrogen-bond acceptors (Lipinski definition) is 6. The summed E-state index contributed by atoms with van der Waals surface area (Å²) in [5.41, 5.74) is 6.10. The number of carbonyl (C=O) groups excluding carboxylic acids is 2. The van der Waals surface area contributed by atoms with Crippen molar-refractivity contribution in [2.24, 2.45) is 10.9 Å². The van der Waals surface area contributed by atoms with Crippen LogP contribution in [0.2, 0.25) is 0 Å². The molecule has 1 fully saturated rings. The molecule has 13 heteroatoms. The van der Waals surface area contributed by atoms with E-state index in [2.05, 4.69) is 5.32 Å². The van der Waals surface area contributed by atoms with Gasteiger partial charge in [-0.2, -0.15) is 0 Å².